The van der Waals surface area contributed by atoms with Crippen molar-refractivity contribution < 1.29 is 19.8 Å². The molecule has 7 nitrogen and oxygen atoms in total. The van der Waals surface area contributed by atoms with Crippen LogP contribution in [0, 0.1) is 5.92 Å². The summed E-state index contributed by atoms with van der Waals surface area (Å²) in [6.45, 7) is 0. The number of amides is 1. The van der Waals surface area contributed by atoms with Crippen molar-refractivity contribution in [3.63, 3.8) is 0 Å². The molecule has 3 aromatic rings. The van der Waals surface area contributed by atoms with E-state index in [0.29, 0.717) is 5.56 Å². The maximum atomic E-state index is 13.1. The van der Waals surface area contributed by atoms with Crippen LogP contribution < -0.4 is 10.6 Å². The minimum Gasteiger partial charge on any atom is -0.508 e. The number of Topliss-reactive ketones (excluding diaryl/α,β-unsaturated/α-hetero) is 1. The van der Waals surface area contributed by atoms with Crippen LogP contribution in [0.5, 0.6) is 5.75 Å². The lowest BCUT2D eigenvalue weighted by atomic mass is 9.90. The summed E-state index contributed by atoms with van der Waals surface area (Å²) in [5, 5.41) is 25.7. The van der Waals surface area contributed by atoms with Gasteiger partial charge in [0.05, 0.1) is 16.8 Å². The smallest absolute Gasteiger partial charge is 0.404 e. The van der Waals surface area contributed by atoms with Crippen molar-refractivity contribution in [2.75, 3.05) is 5.32 Å². The number of aromatic hydroxyl groups is 1. The summed E-state index contributed by atoms with van der Waals surface area (Å²) < 4.78 is 0. The second kappa shape index (κ2) is 8.73. The van der Waals surface area contributed by atoms with Crippen molar-refractivity contribution in [2.24, 2.45) is 5.92 Å². The van der Waals surface area contributed by atoms with Gasteiger partial charge in [0.1, 0.15) is 5.75 Å². The number of nitrogens with one attached hydrogen (secondary N) is 2. The van der Waals surface area contributed by atoms with Crippen molar-refractivity contribution in [1.82, 2.24) is 10.3 Å². The Labute approximate surface area is 191 Å². The highest BCUT2D eigenvalue weighted by Gasteiger charge is 2.33. The molecule has 2 aromatic carbocycles. The highest BCUT2D eigenvalue weighted by Crippen LogP contribution is 2.38. The van der Waals surface area contributed by atoms with Gasteiger partial charge in [-0.25, -0.2) is 4.79 Å². The fourth-order valence-corrected chi connectivity index (χ4v) is 4.69. The monoisotopic (exact) mass is 445 g/mol. The highest BCUT2D eigenvalue weighted by molar-refractivity contribution is 6.10. The normalized spacial score (nSPS) is 20.4. The zero-order valence-corrected chi connectivity index (χ0v) is 18.3. The van der Waals surface area contributed by atoms with Gasteiger partial charge in [-0.2, -0.15) is 0 Å². The number of hydrogen-bond donors (Lipinski definition) is 4. The first kappa shape index (κ1) is 21.2. The quantitative estimate of drug-likeness (QED) is 0.389. The van der Waals surface area contributed by atoms with Crippen LogP contribution >= 0.6 is 0 Å². The summed E-state index contributed by atoms with van der Waals surface area (Å²) in [6, 6.07) is 13.2. The van der Waals surface area contributed by atoms with Crippen molar-refractivity contribution >= 4 is 28.5 Å². The molecule has 1 heterocycles. The van der Waals surface area contributed by atoms with E-state index in [0.717, 1.165) is 66.2 Å². The molecule has 2 fully saturated rings. The Balaban J connectivity index is 1.50. The number of pyridine rings is 1. The largest absolute Gasteiger partial charge is 0.508 e. The summed E-state index contributed by atoms with van der Waals surface area (Å²) in [5.74, 6) is 0.442. The van der Waals surface area contributed by atoms with Crippen LogP contribution in [0.15, 0.2) is 48.7 Å². The van der Waals surface area contributed by atoms with Crippen LogP contribution in [0.25, 0.3) is 22.0 Å². The SMILES string of the molecule is O=C(O)NC1CCC(Nc2c(C(=O)C3CC3)cnc3ccc(-c4ccc(O)cc4)cc23)CC1. The predicted molar refractivity (Wildman–Crippen MR) is 127 cm³/mol. The Morgan fingerprint density at radius 2 is 1.55 bits per heavy atom. The fourth-order valence-electron chi connectivity index (χ4n) is 4.69. The molecule has 7 heteroatoms. The topological polar surface area (TPSA) is 112 Å². The standard InChI is InChI=1S/C26H27N3O4/c30-20-10-3-15(4-11-20)17-5-12-23-21(13-17)24(22(14-27-23)25(31)16-1-2-16)28-18-6-8-19(9-7-18)29-26(32)33/h3-5,10-14,16,18-19,29-30H,1-2,6-9H2,(H,27,28)(H,32,33). The molecule has 4 N–H and O–H groups in total. The van der Waals surface area contributed by atoms with E-state index >= 15 is 0 Å². The van der Waals surface area contributed by atoms with Crippen molar-refractivity contribution in [1.29, 1.82) is 0 Å². The lowest BCUT2D eigenvalue weighted by Crippen LogP contribution is -2.39. The third-order valence-corrected chi connectivity index (χ3v) is 6.69. The van der Waals surface area contributed by atoms with Crippen LogP contribution in [-0.2, 0) is 0 Å². The molecule has 2 saturated carbocycles. The number of phenols is 1. The number of rotatable bonds is 6. The molecule has 0 unspecified atom stereocenters. The average Bonchev–Trinajstić information content (AvgIpc) is 3.66. The van der Waals surface area contributed by atoms with E-state index in [1.165, 1.54) is 0 Å². The van der Waals surface area contributed by atoms with Crippen LogP contribution in [0.1, 0.15) is 48.9 Å². The van der Waals surface area contributed by atoms with Crippen LogP contribution in [0.3, 0.4) is 0 Å². The molecular formula is C26H27N3O4. The maximum Gasteiger partial charge on any atom is 0.404 e. The third kappa shape index (κ3) is 4.62. The second-order valence-corrected chi connectivity index (χ2v) is 9.11. The molecular weight excluding hydrogens is 418 g/mol. The number of hydrogen-bond acceptors (Lipinski definition) is 5. The number of carbonyl (C=O) groups excluding carboxylic acids is 1. The summed E-state index contributed by atoms with van der Waals surface area (Å²) in [6.07, 6.45) is 5.74. The van der Waals surface area contributed by atoms with Gasteiger partial charge in [-0.05, 0) is 73.9 Å². The van der Waals surface area contributed by atoms with Gasteiger partial charge < -0.3 is 20.8 Å². The molecule has 0 radical (unpaired) electrons. The van der Waals surface area contributed by atoms with E-state index in [4.69, 9.17) is 5.11 Å². The lowest BCUT2D eigenvalue weighted by Gasteiger charge is -2.30. The minimum absolute atomic E-state index is 0.0246. The van der Waals surface area contributed by atoms with Gasteiger partial charge in [0.25, 0.3) is 0 Å². The first-order valence-electron chi connectivity index (χ1n) is 11.5. The predicted octanol–water partition coefficient (Wildman–Crippen LogP) is 5.19. The number of ketones is 1. The van der Waals surface area contributed by atoms with Crippen molar-refractivity contribution in [3.8, 4) is 16.9 Å². The number of anilines is 1. The van der Waals surface area contributed by atoms with Gasteiger partial charge in [-0.1, -0.05) is 18.2 Å². The number of benzene rings is 2. The molecule has 33 heavy (non-hydrogen) atoms. The second-order valence-electron chi connectivity index (χ2n) is 9.11. The first-order valence-corrected chi connectivity index (χ1v) is 11.5. The number of carboxylic acid groups (broad SMARTS) is 1. The maximum absolute atomic E-state index is 13.1. The zero-order valence-electron chi connectivity index (χ0n) is 18.3. The van der Waals surface area contributed by atoms with E-state index in [9.17, 15) is 14.7 Å². The molecule has 2 aliphatic carbocycles. The number of nitrogens with zero attached hydrogens (tertiary/aromatic N) is 1. The summed E-state index contributed by atoms with van der Waals surface area (Å²) >= 11 is 0. The highest BCUT2D eigenvalue weighted by atomic mass is 16.4. The Kier molecular flexibility index (Phi) is 5.62. The fraction of sp³-hybridized carbons (Fsp3) is 0.346. The Morgan fingerprint density at radius 1 is 0.879 bits per heavy atom. The van der Waals surface area contributed by atoms with Crippen LogP contribution in [0.4, 0.5) is 10.5 Å². The Bertz CT molecular complexity index is 1200. The number of phenolic OH excluding ortho intramolecular Hbond substituents is 1. The molecule has 5 rings (SSSR count). The number of carbonyl (C=O) groups is 2. The van der Waals surface area contributed by atoms with Crippen LogP contribution in [0.2, 0.25) is 0 Å². The molecule has 0 spiro atoms. The molecule has 1 aromatic heterocycles. The zero-order chi connectivity index (χ0) is 22.9. The summed E-state index contributed by atoms with van der Waals surface area (Å²) in [4.78, 5) is 28.6. The molecule has 0 atom stereocenters. The Morgan fingerprint density at radius 3 is 2.21 bits per heavy atom. The van der Waals surface area contributed by atoms with Crippen molar-refractivity contribution in [2.45, 2.75) is 50.6 Å². The average molecular weight is 446 g/mol. The number of fused-ring (bicyclic) bond motifs is 1. The molecule has 0 bridgehead atoms. The van der Waals surface area contributed by atoms with Crippen LogP contribution in [-0.4, -0.2) is 39.2 Å². The summed E-state index contributed by atoms with van der Waals surface area (Å²) in [7, 11) is 0. The van der Waals surface area contributed by atoms with E-state index < -0.39 is 6.09 Å². The van der Waals surface area contributed by atoms with Gasteiger partial charge >= 0.3 is 6.09 Å². The van der Waals surface area contributed by atoms with Crippen molar-refractivity contribution in [3.05, 3.63) is 54.2 Å². The van der Waals surface area contributed by atoms with Gasteiger partial charge in [0.2, 0.25) is 0 Å². The molecule has 1 amide bonds. The Hall–Kier alpha value is -3.61. The minimum atomic E-state index is -0.981. The van der Waals surface area contributed by atoms with E-state index in [1.54, 1.807) is 18.3 Å². The van der Waals surface area contributed by atoms with E-state index in [-0.39, 0.29) is 29.5 Å². The van der Waals surface area contributed by atoms with Gasteiger partial charge in [0.15, 0.2) is 5.78 Å². The number of aromatic nitrogens is 1. The first-order chi connectivity index (χ1) is 16.0. The molecule has 0 saturated heterocycles. The molecule has 170 valence electrons. The van der Waals surface area contributed by atoms with Gasteiger partial charge in [0, 0.05) is 29.6 Å². The lowest BCUT2D eigenvalue weighted by molar-refractivity contribution is 0.0968. The summed E-state index contributed by atoms with van der Waals surface area (Å²) in [5.41, 5.74) is 4.23. The van der Waals surface area contributed by atoms with Gasteiger partial charge in [-0.15, -0.1) is 0 Å². The molecule has 2 aliphatic rings. The third-order valence-electron chi connectivity index (χ3n) is 6.69. The van der Waals surface area contributed by atoms with E-state index in [2.05, 4.69) is 21.7 Å². The van der Waals surface area contributed by atoms with E-state index in [1.807, 2.05) is 24.3 Å². The molecule has 0 aliphatic heterocycles. The van der Waals surface area contributed by atoms with Gasteiger partial charge in [-0.3, -0.25) is 9.78 Å².